The predicted molar refractivity (Wildman–Crippen MR) is 84.8 cm³/mol. The summed E-state index contributed by atoms with van der Waals surface area (Å²) in [6.07, 6.45) is 0. The van der Waals surface area contributed by atoms with Crippen LogP contribution < -0.4 is 11.1 Å². The molecule has 6 heteroatoms. The topological polar surface area (TPSA) is 88.2 Å². The van der Waals surface area contributed by atoms with Crippen molar-refractivity contribution in [1.29, 1.82) is 0 Å². The monoisotopic (exact) mass is 299 g/mol. The van der Waals surface area contributed by atoms with E-state index in [4.69, 9.17) is 5.73 Å². The zero-order valence-corrected chi connectivity index (χ0v) is 12.1. The number of aromatic hydroxyl groups is 1. The second-order valence-corrected chi connectivity index (χ2v) is 5.73. The molecule has 3 aromatic rings. The van der Waals surface area contributed by atoms with Crippen LogP contribution in [0.15, 0.2) is 36.4 Å². The molecule has 1 heterocycles. The van der Waals surface area contributed by atoms with E-state index in [9.17, 15) is 9.90 Å². The van der Waals surface area contributed by atoms with E-state index in [2.05, 4.69) is 10.3 Å². The van der Waals surface area contributed by atoms with Crippen molar-refractivity contribution in [2.75, 3.05) is 11.1 Å². The molecule has 1 aromatic heterocycles. The molecule has 3 rings (SSSR count). The Hall–Kier alpha value is -2.60. The number of hydrogen-bond acceptors (Lipinski definition) is 5. The van der Waals surface area contributed by atoms with E-state index in [-0.39, 0.29) is 11.7 Å². The molecular weight excluding hydrogens is 286 g/mol. The Morgan fingerprint density at radius 2 is 2.10 bits per heavy atom. The minimum absolute atomic E-state index is 0.169. The van der Waals surface area contributed by atoms with Gasteiger partial charge >= 0.3 is 0 Å². The van der Waals surface area contributed by atoms with Crippen LogP contribution in [0.4, 0.5) is 10.8 Å². The number of aryl methyl sites for hydroxylation is 1. The largest absolute Gasteiger partial charge is 0.508 e. The Morgan fingerprint density at radius 1 is 1.29 bits per heavy atom. The Bertz CT molecular complexity index is 842. The number of phenolic OH excluding ortho intramolecular Hbond substituents is 1. The number of nitrogens with two attached hydrogens (primary N) is 1. The van der Waals surface area contributed by atoms with Crippen LogP contribution in [-0.2, 0) is 0 Å². The van der Waals surface area contributed by atoms with Gasteiger partial charge in [0.15, 0.2) is 5.13 Å². The first-order valence-corrected chi connectivity index (χ1v) is 7.11. The molecule has 0 aliphatic rings. The van der Waals surface area contributed by atoms with Crippen molar-refractivity contribution in [1.82, 2.24) is 4.98 Å². The summed E-state index contributed by atoms with van der Waals surface area (Å²) < 4.78 is 0.923. The van der Waals surface area contributed by atoms with Gasteiger partial charge in [0, 0.05) is 11.3 Å². The Labute approximate surface area is 125 Å². The molecule has 0 bridgehead atoms. The van der Waals surface area contributed by atoms with Crippen LogP contribution in [0.3, 0.4) is 0 Å². The number of benzene rings is 2. The third-order valence-corrected chi connectivity index (χ3v) is 4.03. The number of amides is 1. The number of carbonyl (C=O) groups is 1. The fraction of sp³-hybridized carbons (Fsp3) is 0.0667. The highest BCUT2D eigenvalue weighted by atomic mass is 32.1. The number of carbonyl (C=O) groups excluding carboxylic acids is 1. The van der Waals surface area contributed by atoms with E-state index in [1.54, 1.807) is 25.1 Å². The highest BCUT2D eigenvalue weighted by molar-refractivity contribution is 7.22. The molecule has 2 aromatic carbocycles. The summed E-state index contributed by atoms with van der Waals surface area (Å²) in [5.41, 5.74) is 8.32. The summed E-state index contributed by atoms with van der Waals surface area (Å²) in [6.45, 7) is 1.74. The van der Waals surface area contributed by atoms with Gasteiger partial charge in [-0.05, 0) is 48.9 Å². The van der Waals surface area contributed by atoms with Gasteiger partial charge in [0.1, 0.15) is 5.75 Å². The number of nitrogens with one attached hydrogen (secondary N) is 1. The lowest BCUT2D eigenvalue weighted by atomic mass is 10.1. The third-order valence-electron chi connectivity index (χ3n) is 3.09. The number of fused-ring (bicyclic) bond motifs is 1. The molecule has 0 fully saturated rings. The highest BCUT2D eigenvalue weighted by Gasteiger charge is 2.11. The molecule has 0 radical (unpaired) electrons. The molecular formula is C15H13N3O2S. The van der Waals surface area contributed by atoms with E-state index in [1.807, 2.05) is 12.1 Å². The van der Waals surface area contributed by atoms with Crippen LogP contribution in [0.25, 0.3) is 10.2 Å². The fourth-order valence-electron chi connectivity index (χ4n) is 1.96. The zero-order valence-electron chi connectivity index (χ0n) is 11.3. The normalized spacial score (nSPS) is 10.7. The highest BCUT2D eigenvalue weighted by Crippen LogP contribution is 2.28. The lowest BCUT2D eigenvalue weighted by Gasteiger charge is -2.04. The molecule has 0 aliphatic carbocycles. The lowest BCUT2D eigenvalue weighted by Crippen LogP contribution is -2.11. The SMILES string of the molecule is Cc1cc(C(=O)Nc2nc3ccc(N)cc3s2)ccc1O. The maximum absolute atomic E-state index is 12.2. The molecule has 0 spiro atoms. The summed E-state index contributed by atoms with van der Waals surface area (Å²) in [6, 6.07) is 10.1. The molecule has 0 saturated carbocycles. The van der Waals surface area contributed by atoms with Gasteiger partial charge in [-0.25, -0.2) is 4.98 Å². The van der Waals surface area contributed by atoms with Crippen molar-refractivity contribution in [3.8, 4) is 5.75 Å². The van der Waals surface area contributed by atoms with Crippen molar-refractivity contribution in [3.63, 3.8) is 0 Å². The number of thiazole rings is 1. The van der Waals surface area contributed by atoms with E-state index in [0.29, 0.717) is 21.9 Å². The van der Waals surface area contributed by atoms with Gasteiger partial charge in [0.2, 0.25) is 0 Å². The number of nitrogen functional groups attached to an aromatic ring is 1. The molecule has 4 N–H and O–H groups in total. The summed E-state index contributed by atoms with van der Waals surface area (Å²) in [5.74, 6) is -0.0906. The van der Waals surface area contributed by atoms with Gasteiger partial charge in [0.25, 0.3) is 5.91 Å². The van der Waals surface area contributed by atoms with Gasteiger partial charge in [-0.2, -0.15) is 0 Å². The van der Waals surface area contributed by atoms with E-state index in [0.717, 1.165) is 10.2 Å². The Morgan fingerprint density at radius 3 is 2.86 bits per heavy atom. The second kappa shape index (κ2) is 5.06. The number of rotatable bonds is 2. The van der Waals surface area contributed by atoms with Gasteiger partial charge in [-0.15, -0.1) is 0 Å². The summed E-state index contributed by atoms with van der Waals surface area (Å²) in [5, 5.41) is 12.8. The summed E-state index contributed by atoms with van der Waals surface area (Å²) >= 11 is 1.37. The first-order valence-electron chi connectivity index (χ1n) is 6.30. The van der Waals surface area contributed by atoms with Gasteiger partial charge in [0.05, 0.1) is 10.2 Å². The van der Waals surface area contributed by atoms with Gasteiger partial charge in [-0.1, -0.05) is 11.3 Å². The van der Waals surface area contributed by atoms with Crippen LogP contribution in [0.5, 0.6) is 5.75 Å². The summed E-state index contributed by atoms with van der Waals surface area (Å²) in [4.78, 5) is 16.5. The number of nitrogens with zero attached hydrogens (tertiary/aromatic N) is 1. The lowest BCUT2D eigenvalue weighted by molar-refractivity contribution is 0.102. The fourth-order valence-corrected chi connectivity index (χ4v) is 2.87. The van der Waals surface area contributed by atoms with Crippen molar-refractivity contribution >= 4 is 38.3 Å². The Kier molecular flexibility index (Phi) is 3.23. The maximum atomic E-state index is 12.2. The maximum Gasteiger partial charge on any atom is 0.257 e. The molecule has 0 aliphatic heterocycles. The number of phenols is 1. The van der Waals surface area contributed by atoms with Gasteiger partial charge in [-0.3, -0.25) is 10.1 Å². The average Bonchev–Trinajstić information content (AvgIpc) is 2.83. The van der Waals surface area contributed by atoms with Crippen LogP contribution in [0.1, 0.15) is 15.9 Å². The minimum Gasteiger partial charge on any atom is -0.508 e. The molecule has 106 valence electrons. The first-order chi connectivity index (χ1) is 10.0. The third kappa shape index (κ3) is 2.66. The van der Waals surface area contributed by atoms with Crippen LogP contribution >= 0.6 is 11.3 Å². The Balaban J connectivity index is 1.87. The molecule has 21 heavy (non-hydrogen) atoms. The minimum atomic E-state index is -0.259. The first kappa shape index (κ1) is 13.4. The smallest absolute Gasteiger partial charge is 0.257 e. The van der Waals surface area contributed by atoms with Crippen molar-refractivity contribution < 1.29 is 9.90 Å². The molecule has 0 saturated heterocycles. The zero-order chi connectivity index (χ0) is 15.0. The van der Waals surface area contributed by atoms with Crippen molar-refractivity contribution in [3.05, 3.63) is 47.5 Å². The molecule has 1 amide bonds. The average molecular weight is 299 g/mol. The van der Waals surface area contributed by atoms with Crippen molar-refractivity contribution in [2.45, 2.75) is 6.92 Å². The predicted octanol–water partition coefficient (Wildman–Crippen LogP) is 3.14. The number of hydrogen-bond donors (Lipinski definition) is 3. The van der Waals surface area contributed by atoms with E-state index >= 15 is 0 Å². The van der Waals surface area contributed by atoms with Crippen LogP contribution in [0, 0.1) is 6.92 Å². The molecule has 0 atom stereocenters. The van der Waals surface area contributed by atoms with Crippen LogP contribution in [-0.4, -0.2) is 16.0 Å². The standard InChI is InChI=1S/C15H13N3O2S/c1-8-6-9(2-5-12(8)19)14(20)18-15-17-11-4-3-10(16)7-13(11)21-15/h2-7,19H,16H2,1H3,(H,17,18,20). The summed E-state index contributed by atoms with van der Waals surface area (Å²) in [7, 11) is 0. The molecule has 0 unspecified atom stereocenters. The van der Waals surface area contributed by atoms with E-state index < -0.39 is 0 Å². The van der Waals surface area contributed by atoms with Gasteiger partial charge < -0.3 is 10.8 Å². The van der Waals surface area contributed by atoms with E-state index in [1.165, 1.54) is 17.4 Å². The second-order valence-electron chi connectivity index (χ2n) is 4.70. The quantitative estimate of drug-likeness (QED) is 0.634. The van der Waals surface area contributed by atoms with Crippen LogP contribution in [0.2, 0.25) is 0 Å². The van der Waals surface area contributed by atoms with Crippen molar-refractivity contribution in [2.24, 2.45) is 0 Å². The molecule has 5 nitrogen and oxygen atoms in total. The number of aromatic nitrogens is 1. The number of anilines is 2.